The van der Waals surface area contributed by atoms with Crippen molar-refractivity contribution in [2.45, 2.75) is 23.6 Å². The van der Waals surface area contributed by atoms with Gasteiger partial charge in [0.25, 0.3) is 15.5 Å². The number of nitrogens with zero attached hydrogens (tertiary/aromatic N) is 1. The maximum Gasteiger partial charge on any atom is 0.573 e. The first-order valence-electron chi connectivity index (χ1n) is 4.53. The highest BCUT2D eigenvalue weighted by molar-refractivity contribution is 8.13. The molecule has 0 bridgehead atoms. The first-order chi connectivity index (χ1) is 8.97. The van der Waals surface area contributed by atoms with Crippen LogP contribution in [-0.4, -0.2) is 19.8 Å². The average molecular weight is 360 g/mol. The third-order valence-corrected chi connectivity index (χ3v) is 3.61. The van der Waals surface area contributed by atoms with E-state index in [1.807, 2.05) is 0 Å². The molecular weight excluding hydrogens is 356 g/mol. The Kier molecular flexibility index (Phi) is 5.03. The van der Waals surface area contributed by atoms with E-state index in [1.54, 1.807) is 0 Å². The summed E-state index contributed by atoms with van der Waals surface area (Å²) < 4.78 is 87.7. The quantitative estimate of drug-likeness (QED) is 0.468. The summed E-state index contributed by atoms with van der Waals surface area (Å²) in [5.41, 5.74) is -2.14. The van der Waals surface area contributed by atoms with Gasteiger partial charge in [-0.15, -0.1) is 24.8 Å². The van der Waals surface area contributed by atoms with Crippen LogP contribution in [0.15, 0.2) is 11.1 Å². The Bertz CT molecular complexity index is 605. The SMILES string of the molecule is O=S(=O)(Cl)c1c(C(F)F)ncc(OC(F)(F)F)c1CCl. The first kappa shape index (κ1) is 17.2. The van der Waals surface area contributed by atoms with Gasteiger partial charge in [-0.25, -0.2) is 22.2 Å². The molecule has 0 aliphatic heterocycles. The molecule has 1 rings (SSSR count). The molecule has 0 fully saturated rings. The Morgan fingerprint density at radius 1 is 1.35 bits per heavy atom. The van der Waals surface area contributed by atoms with Crippen molar-refractivity contribution < 1.29 is 35.1 Å². The molecule has 0 atom stereocenters. The third kappa shape index (κ3) is 4.06. The molecule has 1 heterocycles. The van der Waals surface area contributed by atoms with Gasteiger partial charge in [-0.3, -0.25) is 0 Å². The normalized spacial score (nSPS) is 12.8. The number of rotatable bonds is 4. The van der Waals surface area contributed by atoms with Gasteiger partial charge in [0, 0.05) is 16.2 Å². The predicted molar refractivity (Wildman–Crippen MR) is 58.5 cm³/mol. The van der Waals surface area contributed by atoms with Gasteiger partial charge in [0.05, 0.1) is 12.1 Å². The standard InChI is InChI=1S/C8H4Cl2F5NO3S/c9-1-3-4(19-8(13,14)15)2-16-5(7(11)12)6(3)20(10,17)18/h2,7H,1H2. The minimum Gasteiger partial charge on any atom is -0.404 e. The number of pyridine rings is 1. The van der Waals surface area contributed by atoms with E-state index in [1.165, 1.54) is 0 Å². The molecule has 0 aromatic carbocycles. The fourth-order valence-electron chi connectivity index (χ4n) is 1.30. The van der Waals surface area contributed by atoms with E-state index < -0.39 is 49.6 Å². The van der Waals surface area contributed by atoms with Gasteiger partial charge in [-0.05, 0) is 0 Å². The van der Waals surface area contributed by atoms with Crippen LogP contribution in [0.25, 0.3) is 0 Å². The molecule has 0 spiro atoms. The van der Waals surface area contributed by atoms with Crippen LogP contribution in [0.2, 0.25) is 0 Å². The number of ether oxygens (including phenoxy) is 1. The molecule has 0 radical (unpaired) electrons. The van der Waals surface area contributed by atoms with E-state index in [0.717, 1.165) is 0 Å². The molecule has 0 aliphatic rings. The summed E-state index contributed by atoms with van der Waals surface area (Å²) in [5, 5.41) is 0. The topological polar surface area (TPSA) is 56.3 Å². The Balaban J connectivity index is 3.62. The largest absolute Gasteiger partial charge is 0.573 e. The van der Waals surface area contributed by atoms with E-state index in [-0.39, 0.29) is 0 Å². The Morgan fingerprint density at radius 2 is 1.90 bits per heavy atom. The third-order valence-electron chi connectivity index (χ3n) is 1.93. The fraction of sp³-hybridized carbons (Fsp3) is 0.375. The van der Waals surface area contributed by atoms with Gasteiger partial charge < -0.3 is 4.74 Å². The second-order valence-electron chi connectivity index (χ2n) is 3.24. The summed E-state index contributed by atoms with van der Waals surface area (Å²) in [5.74, 6) is -1.97. The van der Waals surface area contributed by atoms with Crippen molar-refractivity contribution in [1.29, 1.82) is 0 Å². The highest BCUT2D eigenvalue weighted by Gasteiger charge is 2.35. The molecule has 12 heteroatoms. The van der Waals surface area contributed by atoms with E-state index in [9.17, 15) is 30.4 Å². The van der Waals surface area contributed by atoms with E-state index in [0.29, 0.717) is 6.20 Å². The van der Waals surface area contributed by atoms with Crippen molar-refractivity contribution in [3.8, 4) is 5.75 Å². The molecule has 0 N–H and O–H groups in total. The van der Waals surface area contributed by atoms with E-state index in [2.05, 4.69) is 9.72 Å². The number of halogens is 7. The minimum atomic E-state index is -5.18. The predicted octanol–water partition coefficient (Wildman–Crippen LogP) is 3.58. The summed E-state index contributed by atoms with van der Waals surface area (Å²) in [6.45, 7) is 0. The molecule has 0 aliphatic carbocycles. The number of hydrogen-bond donors (Lipinski definition) is 0. The monoisotopic (exact) mass is 359 g/mol. The first-order valence-corrected chi connectivity index (χ1v) is 7.38. The molecule has 1 aromatic heterocycles. The van der Waals surface area contributed by atoms with Crippen LogP contribution < -0.4 is 4.74 Å². The van der Waals surface area contributed by atoms with Crippen LogP contribution in [-0.2, 0) is 14.9 Å². The van der Waals surface area contributed by atoms with Crippen LogP contribution in [0, 0.1) is 0 Å². The number of alkyl halides is 6. The lowest BCUT2D eigenvalue weighted by Gasteiger charge is -2.15. The van der Waals surface area contributed by atoms with Gasteiger partial charge in [0.1, 0.15) is 10.6 Å². The Hall–Kier alpha value is -0.870. The summed E-state index contributed by atoms with van der Waals surface area (Å²) in [6.07, 6.45) is -8.25. The fourth-order valence-corrected chi connectivity index (χ4v) is 3.02. The number of hydrogen-bond acceptors (Lipinski definition) is 4. The lowest BCUT2D eigenvalue weighted by Crippen LogP contribution is -2.19. The maximum absolute atomic E-state index is 12.7. The van der Waals surface area contributed by atoms with Crippen molar-refractivity contribution in [3.05, 3.63) is 17.5 Å². The molecule has 1 aromatic rings. The zero-order valence-corrected chi connectivity index (χ0v) is 11.4. The smallest absolute Gasteiger partial charge is 0.404 e. The van der Waals surface area contributed by atoms with Crippen molar-refractivity contribution in [2.75, 3.05) is 0 Å². The van der Waals surface area contributed by atoms with Crippen LogP contribution >= 0.6 is 22.3 Å². The van der Waals surface area contributed by atoms with Gasteiger partial charge in [0.15, 0.2) is 5.75 Å². The second kappa shape index (κ2) is 5.86. The van der Waals surface area contributed by atoms with Crippen molar-refractivity contribution in [3.63, 3.8) is 0 Å². The van der Waals surface area contributed by atoms with Gasteiger partial charge >= 0.3 is 6.36 Å². The van der Waals surface area contributed by atoms with Crippen molar-refractivity contribution in [2.24, 2.45) is 0 Å². The molecule has 0 amide bonds. The Labute approximate surface area is 118 Å². The van der Waals surface area contributed by atoms with E-state index >= 15 is 0 Å². The zero-order valence-electron chi connectivity index (χ0n) is 9.09. The lowest BCUT2D eigenvalue weighted by molar-refractivity contribution is -0.275. The minimum absolute atomic E-state index is 0.304. The molecule has 0 saturated heterocycles. The van der Waals surface area contributed by atoms with Crippen LogP contribution in [0.1, 0.15) is 17.7 Å². The molecule has 0 unspecified atom stereocenters. The molecule has 20 heavy (non-hydrogen) atoms. The summed E-state index contributed by atoms with van der Waals surface area (Å²) >= 11 is 5.31. The Morgan fingerprint density at radius 3 is 2.25 bits per heavy atom. The maximum atomic E-state index is 12.7. The molecular formula is C8H4Cl2F5NO3S. The van der Waals surface area contributed by atoms with Crippen LogP contribution in [0.4, 0.5) is 22.0 Å². The average Bonchev–Trinajstić information content (AvgIpc) is 2.24. The second-order valence-corrected chi connectivity index (χ2v) is 6.01. The summed E-state index contributed by atoms with van der Waals surface area (Å²) in [7, 11) is 0.137. The van der Waals surface area contributed by atoms with Gasteiger partial charge in [0.2, 0.25) is 0 Å². The van der Waals surface area contributed by atoms with E-state index in [4.69, 9.17) is 22.3 Å². The van der Waals surface area contributed by atoms with Crippen molar-refractivity contribution >= 4 is 31.3 Å². The molecule has 114 valence electrons. The zero-order chi connectivity index (χ0) is 15.7. The van der Waals surface area contributed by atoms with Crippen LogP contribution in [0.3, 0.4) is 0 Å². The molecule has 4 nitrogen and oxygen atoms in total. The highest BCUT2D eigenvalue weighted by Crippen LogP contribution is 2.37. The summed E-state index contributed by atoms with van der Waals surface area (Å²) in [6, 6.07) is 0. The van der Waals surface area contributed by atoms with Crippen LogP contribution in [0.5, 0.6) is 5.75 Å². The number of aromatic nitrogens is 1. The highest BCUT2D eigenvalue weighted by atomic mass is 35.7. The van der Waals surface area contributed by atoms with Gasteiger partial charge in [-0.1, -0.05) is 0 Å². The van der Waals surface area contributed by atoms with Crippen molar-refractivity contribution in [1.82, 2.24) is 4.98 Å². The molecule has 0 saturated carbocycles. The summed E-state index contributed by atoms with van der Waals surface area (Å²) in [4.78, 5) is 1.65. The van der Waals surface area contributed by atoms with Gasteiger partial charge in [-0.2, -0.15) is 0 Å². The lowest BCUT2D eigenvalue weighted by atomic mass is 10.2.